The Hall–Kier alpha value is -2.64. The molecule has 3 aromatic rings. The van der Waals surface area contributed by atoms with E-state index in [0.29, 0.717) is 36.5 Å². The van der Waals surface area contributed by atoms with Crippen molar-refractivity contribution in [2.45, 2.75) is 31.1 Å². The van der Waals surface area contributed by atoms with Crippen molar-refractivity contribution in [2.24, 2.45) is 5.92 Å². The van der Waals surface area contributed by atoms with Gasteiger partial charge in [0, 0.05) is 25.0 Å². The molecule has 30 heavy (non-hydrogen) atoms. The highest BCUT2D eigenvalue weighted by atomic mass is 32.2. The number of benzene rings is 2. The van der Waals surface area contributed by atoms with Gasteiger partial charge in [-0.15, -0.1) is 0 Å². The van der Waals surface area contributed by atoms with Crippen molar-refractivity contribution < 1.29 is 17.6 Å². The van der Waals surface area contributed by atoms with Gasteiger partial charge in [-0.25, -0.2) is 8.42 Å². The van der Waals surface area contributed by atoms with Gasteiger partial charge in [0.1, 0.15) is 5.58 Å². The lowest BCUT2D eigenvalue weighted by atomic mass is 10.0. The van der Waals surface area contributed by atoms with Crippen molar-refractivity contribution in [3.8, 4) is 0 Å². The summed E-state index contributed by atoms with van der Waals surface area (Å²) < 4.78 is 33.1. The van der Waals surface area contributed by atoms with Crippen molar-refractivity contribution >= 4 is 26.9 Å². The Bertz CT molecular complexity index is 1130. The fraction of sp³-hybridized carbons (Fsp3) is 0.348. The first-order valence-corrected chi connectivity index (χ1v) is 11.7. The molecule has 158 valence electrons. The largest absolute Gasteiger partial charge is 0.451 e. The number of rotatable bonds is 6. The summed E-state index contributed by atoms with van der Waals surface area (Å²) in [5, 5.41) is 3.46. The van der Waals surface area contributed by atoms with Crippen LogP contribution in [0.5, 0.6) is 0 Å². The summed E-state index contributed by atoms with van der Waals surface area (Å²) >= 11 is 0. The van der Waals surface area contributed by atoms with Gasteiger partial charge in [-0.1, -0.05) is 37.3 Å². The van der Waals surface area contributed by atoms with Crippen LogP contribution in [-0.2, 0) is 16.4 Å². The zero-order chi connectivity index (χ0) is 21.1. The van der Waals surface area contributed by atoms with Crippen LogP contribution in [0.3, 0.4) is 0 Å². The first kappa shape index (κ1) is 20.6. The molecule has 4 rings (SSSR count). The predicted octanol–water partition coefficient (Wildman–Crippen LogP) is 3.83. The molecule has 0 spiro atoms. The SMILES string of the molecule is CC1CCN(S(=O)(=O)c2ccc3oc(C(=O)NCCc4ccccc4)cc3c2)CC1. The van der Waals surface area contributed by atoms with E-state index in [1.54, 1.807) is 28.6 Å². The maximum Gasteiger partial charge on any atom is 0.287 e. The van der Waals surface area contributed by atoms with E-state index < -0.39 is 10.0 Å². The Balaban J connectivity index is 1.46. The van der Waals surface area contributed by atoms with E-state index in [4.69, 9.17) is 4.42 Å². The lowest BCUT2D eigenvalue weighted by molar-refractivity contribution is 0.0928. The molecule has 1 fully saturated rings. The average Bonchev–Trinajstić information content (AvgIpc) is 3.18. The first-order chi connectivity index (χ1) is 14.4. The van der Waals surface area contributed by atoms with Crippen LogP contribution in [0.4, 0.5) is 0 Å². The van der Waals surface area contributed by atoms with Gasteiger partial charge in [0.25, 0.3) is 5.91 Å². The van der Waals surface area contributed by atoms with Gasteiger partial charge in [-0.3, -0.25) is 4.79 Å². The molecule has 1 saturated heterocycles. The highest BCUT2D eigenvalue weighted by Crippen LogP contribution is 2.27. The Morgan fingerprint density at radius 3 is 2.57 bits per heavy atom. The first-order valence-electron chi connectivity index (χ1n) is 10.3. The molecule has 1 aliphatic rings. The van der Waals surface area contributed by atoms with Crippen LogP contribution in [0.2, 0.25) is 0 Å². The number of furan rings is 1. The number of sulfonamides is 1. The molecule has 1 N–H and O–H groups in total. The minimum atomic E-state index is -3.54. The zero-order valence-corrected chi connectivity index (χ0v) is 17.8. The maximum absolute atomic E-state index is 13.0. The molecule has 7 heteroatoms. The predicted molar refractivity (Wildman–Crippen MR) is 116 cm³/mol. The van der Waals surface area contributed by atoms with E-state index in [9.17, 15) is 13.2 Å². The summed E-state index contributed by atoms with van der Waals surface area (Å²) in [5.41, 5.74) is 1.64. The number of fused-ring (bicyclic) bond motifs is 1. The van der Waals surface area contributed by atoms with Gasteiger partial charge in [0.2, 0.25) is 10.0 Å². The summed E-state index contributed by atoms with van der Waals surface area (Å²) in [6.45, 7) is 3.73. The number of hydrogen-bond donors (Lipinski definition) is 1. The van der Waals surface area contributed by atoms with E-state index in [1.807, 2.05) is 30.3 Å². The second kappa shape index (κ2) is 8.62. The van der Waals surface area contributed by atoms with Crippen LogP contribution in [0.15, 0.2) is 63.9 Å². The van der Waals surface area contributed by atoms with Crippen LogP contribution in [0.25, 0.3) is 11.0 Å². The van der Waals surface area contributed by atoms with E-state index in [1.165, 1.54) is 0 Å². The minimum absolute atomic E-state index is 0.180. The number of nitrogens with zero attached hydrogens (tertiary/aromatic N) is 1. The molecule has 2 heterocycles. The normalized spacial score (nSPS) is 16.0. The van der Waals surface area contributed by atoms with E-state index in [-0.39, 0.29) is 16.6 Å². The second-order valence-corrected chi connectivity index (χ2v) is 9.83. The third-order valence-corrected chi connectivity index (χ3v) is 7.53. The summed E-state index contributed by atoms with van der Waals surface area (Å²) in [5.74, 6) is 0.423. The summed E-state index contributed by atoms with van der Waals surface area (Å²) in [6, 6.07) is 16.3. The number of carbonyl (C=O) groups is 1. The van der Waals surface area contributed by atoms with Gasteiger partial charge >= 0.3 is 0 Å². The molecular weight excluding hydrogens is 400 g/mol. The van der Waals surface area contributed by atoms with E-state index in [0.717, 1.165) is 24.8 Å². The molecule has 0 atom stereocenters. The molecule has 0 aliphatic carbocycles. The fourth-order valence-electron chi connectivity index (χ4n) is 3.72. The van der Waals surface area contributed by atoms with Crippen molar-refractivity contribution in [1.82, 2.24) is 9.62 Å². The maximum atomic E-state index is 13.0. The highest BCUT2D eigenvalue weighted by Gasteiger charge is 2.28. The van der Waals surface area contributed by atoms with Crippen LogP contribution in [0, 0.1) is 5.92 Å². The number of amides is 1. The lowest BCUT2D eigenvalue weighted by Crippen LogP contribution is -2.37. The van der Waals surface area contributed by atoms with Gasteiger partial charge in [-0.05, 0) is 55.0 Å². The van der Waals surface area contributed by atoms with Crippen molar-refractivity contribution in [3.63, 3.8) is 0 Å². The highest BCUT2D eigenvalue weighted by molar-refractivity contribution is 7.89. The Morgan fingerprint density at radius 1 is 1.10 bits per heavy atom. The number of piperidine rings is 1. The summed E-state index contributed by atoms with van der Waals surface area (Å²) in [7, 11) is -3.54. The van der Waals surface area contributed by atoms with Crippen LogP contribution < -0.4 is 5.32 Å². The molecule has 0 unspecified atom stereocenters. The Kier molecular flexibility index (Phi) is 5.92. The molecule has 0 saturated carbocycles. The number of hydrogen-bond acceptors (Lipinski definition) is 4. The van der Waals surface area contributed by atoms with Gasteiger partial charge in [0.15, 0.2) is 5.76 Å². The van der Waals surface area contributed by atoms with E-state index >= 15 is 0 Å². The standard InChI is InChI=1S/C23H26N2O4S/c1-17-10-13-25(14-11-17)30(27,28)20-7-8-21-19(15-20)16-22(29-21)23(26)24-12-9-18-5-3-2-4-6-18/h2-8,15-17H,9-14H2,1H3,(H,24,26). The number of nitrogens with one attached hydrogen (secondary N) is 1. The third kappa shape index (κ3) is 4.42. The molecule has 1 amide bonds. The molecule has 0 radical (unpaired) electrons. The molecule has 6 nitrogen and oxygen atoms in total. The monoisotopic (exact) mass is 426 g/mol. The zero-order valence-electron chi connectivity index (χ0n) is 17.0. The smallest absolute Gasteiger partial charge is 0.287 e. The Morgan fingerprint density at radius 2 is 1.83 bits per heavy atom. The number of carbonyl (C=O) groups excluding carboxylic acids is 1. The molecule has 1 aliphatic heterocycles. The molecule has 0 bridgehead atoms. The van der Waals surface area contributed by atoms with Gasteiger partial charge < -0.3 is 9.73 Å². The Labute approximate surface area is 176 Å². The van der Waals surface area contributed by atoms with Crippen LogP contribution in [-0.4, -0.2) is 38.3 Å². The van der Waals surface area contributed by atoms with Gasteiger partial charge in [0.05, 0.1) is 4.90 Å². The van der Waals surface area contributed by atoms with E-state index in [2.05, 4.69) is 12.2 Å². The summed E-state index contributed by atoms with van der Waals surface area (Å²) in [4.78, 5) is 12.7. The fourth-order valence-corrected chi connectivity index (χ4v) is 5.23. The topological polar surface area (TPSA) is 79.6 Å². The summed E-state index contributed by atoms with van der Waals surface area (Å²) in [6.07, 6.45) is 2.48. The third-order valence-electron chi connectivity index (χ3n) is 5.63. The quantitative estimate of drug-likeness (QED) is 0.650. The van der Waals surface area contributed by atoms with Crippen molar-refractivity contribution in [3.05, 3.63) is 65.9 Å². The van der Waals surface area contributed by atoms with Crippen LogP contribution in [0.1, 0.15) is 35.9 Å². The van der Waals surface area contributed by atoms with Crippen LogP contribution >= 0.6 is 0 Å². The second-order valence-electron chi connectivity index (χ2n) is 7.89. The minimum Gasteiger partial charge on any atom is -0.451 e. The average molecular weight is 427 g/mol. The van der Waals surface area contributed by atoms with Gasteiger partial charge in [-0.2, -0.15) is 4.31 Å². The molecule has 2 aromatic carbocycles. The lowest BCUT2D eigenvalue weighted by Gasteiger charge is -2.29. The van der Waals surface area contributed by atoms with Crippen molar-refractivity contribution in [2.75, 3.05) is 19.6 Å². The molecular formula is C23H26N2O4S. The molecule has 1 aromatic heterocycles. The van der Waals surface area contributed by atoms with Crippen molar-refractivity contribution in [1.29, 1.82) is 0 Å².